The monoisotopic (exact) mass is 870 g/mol. The van der Waals surface area contributed by atoms with Crippen molar-refractivity contribution in [2.45, 2.75) is 64.9 Å². The molecular formula is C52H60ClFN6O3. The number of fused-ring (bicyclic) bond motifs is 1. The topological polar surface area (TPSA) is 83.0 Å². The lowest BCUT2D eigenvalue weighted by atomic mass is 9.86. The number of hydrogen-bond acceptors (Lipinski definition) is 7. The van der Waals surface area contributed by atoms with Crippen LogP contribution in [0.4, 0.5) is 4.39 Å². The van der Waals surface area contributed by atoms with Crippen LogP contribution in [0.15, 0.2) is 115 Å². The van der Waals surface area contributed by atoms with Gasteiger partial charge in [-0.3, -0.25) is 19.9 Å². The minimum absolute atomic E-state index is 0.0352. The molecule has 11 heteroatoms. The van der Waals surface area contributed by atoms with E-state index < -0.39 is 5.54 Å². The summed E-state index contributed by atoms with van der Waals surface area (Å²) in [7, 11) is 0. The summed E-state index contributed by atoms with van der Waals surface area (Å²) < 4.78 is 29.3. The molecule has 0 saturated carbocycles. The molecule has 9 nitrogen and oxygen atoms in total. The first-order chi connectivity index (χ1) is 30.7. The van der Waals surface area contributed by atoms with E-state index in [1.165, 1.54) is 17.2 Å². The second kappa shape index (κ2) is 21.0. The number of nitrogens with one attached hydrogen (secondary N) is 3. The van der Waals surface area contributed by atoms with Gasteiger partial charge in [0.05, 0.1) is 0 Å². The highest BCUT2D eigenvalue weighted by molar-refractivity contribution is 6.30. The minimum atomic E-state index is -0.695. The van der Waals surface area contributed by atoms with Crippen molar-refractivity contribution in [1.29, 1.82) is 0 Å². The lowest BCUT2D eigenvalue weighted by molar-refractivity contribution is -0.128. The molecular weight excluding hydrogens is 811 g/mol. The van der Waals surface area contributed by atoms with E-state index in [2.05, 4.69) is 105 Å². The molecule has 2 fully saturated rings. The molecule has 63 heavy (non-hydrogen) atoms. The Morgan fingerprint density at radius 3 is 2.33 bits per heavy atom. The predicted molar refractivity (Wildman–Crippen MR) is 252 cm³/mol. The van der Waals surface area contributed by atoms with Gasteiger partial charge in [0.2, 0.25) is 5.91 Å². The molecule has 0 aliphatic carbocycles. The highest BCUT2D eigenvalue weighted by Gasteiger charge is 2.39. The van der Waals surface area contributed by atoms with Gasteiger partial charge in [-0.05, 0) is 111 Å². The number of ether oxygens (including phenoxy) is 2. The van der Waals surface area contributed by atoms with Crippen LogP contribution in [0.3, 0.4) is 0 Å². The zero-order valence-corrected chi connectivity index (χ0v) is 37.4. The lowest BCUT2D eigenvalue weighted by Crippen LogP contribution is -2.61. The lowest BCUT2D eigenvalue weighted by Gasteiger charge is -2.37. The van der Waals surface area contributed by atoms with Gasteiger partial charge in [0.25, 0.3) is 0 Å². The highest BCUT2D eigenvalue weighted by atomic mass is 35.5. The minimum Gasteiger partial charge on any atom is -0.492 e. The van der Waals surface area contributed by atoms with Crippen molar-refractivity contribution in [1.82, 2.24) is 30.3 Å². The molecule has 3 heterocycles. The fourth-order valence-corrected chi connectivity index (χ4v) is 9.03. The second-order valence-corrected chi connectivity index (χ2v) is 17.6. The van der Waals surface area contributed by atoms with Crippen molar-refractivity contribution in [3.05, 3.63) is 154 Å². The maximum atomic E-state index is 14.7. The number of aryl methyl sites for hydroxylation is 3. The first-order valence-corrected chi connectivity index (χ1v) is 22.8. The van der Waals surface area contributed by atoms with Crippen molar-refractivity contribution < 1.29 is 18.7 Å². The molecule has 3 N–H and O–H groups in total. The Labute approximate surface area is 376 Å². The summed E-state index contributed by atoms with van der Waals surface area (Å²) in [6.45, 7) is 14.1. The standard InChI is InChI=1S/C52H60ClFN6O3/c1-38-10-13-40(14-11-38)37-63-49-19-12-39(2)32-43(49)34-57-52(20-23-55-24-21-52)51(61)56-22-5-25-60-36-47(41-6-3-8-45(54)33-41)50-42(7-4-9-48(50)60)35-59-28-26-58(27-29-59)30-31-62-46-17-15-44(53)16-18-46/h3-4,6-19,32-33,36,55,57H,5,20-31,34-35,37H2,1-2H3,(H,56,61). The number of benzene rings is 5. The molecule has 2 aliphatic rings. The van der Waals surface area contributed by atoms with E-state index in [1.807, 2.05) is 36.4 Å². The van der Waals surface area contributed by atoms with Gasteiger partial charge < -0.3 is 24.7 Å². The molecule has 1 amide bonds. The molecule has 8 rings (SSSR count). The molecule has 0 bridgehead atoms. The number of halogens is 2. The van der Waals surface area contributed by atoms with Crippen LogP contribution in [0.1, 0.15) is 47.1 Å². The summed E-state index contributed by atoms with van der Waals surface area (Å²) in [5, 5.41) is 12.3. The Bertz CT molecular complexity index is 2440. The average Bonchev–Trinajstić information content (AvgIpc) is 3.68. The van der Waals surface area contributed by atoms with Crippen LogP contribution in [0.2, 0.25) is 5.02 Å². The van der Waals surface area contributed by atoms with E-state index in [-0.39, 0.29) is 11.7 Å². The molecule has 330 valence electrons. The van der Waals surface area contributed by atoms with Crippen LogP contribution in [0, 0.1) is 19.7 Å². The Morgan fingerprint density at radius 2 is 1.56 bits per heavy atom. The summed E-state index contributed by atoms with van der Waals surface area (Å²) in [4.78, 5) is 19.1. The predicted octanol–water partition coefficient (Wildman–Crippen LogP) is 8.91. The summed E-state index contributed by atoms with van der Waals surface area (Å²) in [6, 6.07) is 35.6. The average molecular weight is 872 g/mol. The maximum absolute atomic E-state index is 14.7. The van der Waals surface area contributed by atoms with Crippen molar-refractivity contribution in [3.63, 3.8) is 0 Å². The first kappa shape index (κ1) is 44.4. The molecule has 0 atom stereocenters. The van der Waals surface area contributed by atoms with Crippen molar-refractivity contribution in [2.75, 3.05) is 59.0 Å². The zero-order chi connectivity index (χ0) is 43.6. The number of piperidine rings is 1. The van der Waals surface area contributed by atoms with Gasteiger partial charge in [-0.25, -0.2) is 4.39 Å². The molecule has 2 aliphatic heterocycles. The van der Waals surface area contributed by atoms with Crippen molar-refractivity contribution in [2.24, 2.45) is 0 Å². The van der Waals surface area contributed by atoms with E-state index >= 15 is 0 Å². The summed E-state index contributed by atoms with van der Waals surface area (Å²) in [6.07, 6.45) is 4.30. The normalized spacial score (nSPS) is 15.7. The van der Waals surface area contributed by atoms with Gasteiger partial charge in [-0.2, -0.15) is 0 Å². The number of piperazine rings is 1. The zero-order valence-electron chi connectivity index (χ0n) is 36.6. The number of carbonyl (C=O) groups is 1. The van der Waals surface area contributed by atoms with Crippen LogP contribution in [0.5, 0.6) is 11.5 Å². The van der Waals surface area contributed by atoms with Gasteiger partial charge in [0.15, 0.2) is 0 Å². The molecule has 2 saturated heterocycles. The molecule has 0 radical (unpaired) electrons. The van der Waals surface area contributed by atoms with Gasteiger partial charge >= 0.3 is 0 Å². The van der Waals surface area contributed by atoms with Crippen LogP contribution >= 0.6 is 11.6 Å². The van der Waals surface area contributed by atoms with Crippen molar-refractivity contribution in [3.8, 4) is 22.6 Å². The molecule has 6 aromatic rings. The SMILES string of the molecule is Cc1ccc(COc2ccc(C)cc2CNC2(C(=O)NCCCn3cc(-c4cccc(F)c4)c4c(CN5CCN(CCOc6ccc(Cl)cc6)CC5)cccc43)CCNCC2)cc1. The fourth-order valence-electron chi connectivity index (χ4n) is 8.91. The third-order valence-corrected chi connectivity index (χ3v) is 12.8. The quantitative estimate of drug-likeness (QED) is 0.0745. The summed E-state index contributed by atoms with van der Waals surface area (Å²) in [5.74, 6) is 1.44. The Balaban J connectivity index is 0.900. The molecule has 0 unspecified atom stereocenters. The number of carbonyl (C=O) groups excluding carboxylic acids is 1. The smallest absolute Gasteiger partial charge is 0.240 e. The Kier molecular flexibility index (Phi) is 14.8. The summed E-state index contributed by atoms with van der Waals surface area (Å²) >= 11 is 6.02. The highest BCUT2D eigenvalue weighted by Crippen LogP contribution is 2.35. The van der Waals surface area contributed by atoms with Crippen LogP contribution in [-0.4, -0.2) is 84.8 Å². The number of hydrogen-bond donors (Lipinski definition) is 3. The van der Waals surface area contributed by atoms with E-state index in [0.29, 0.717) is 50.7 Å². The van der Waals surface area contributed by atoms with Crippen LogP contribution in [-0.2, 0) is 31.0 Å². The molecule has 0 spiro atoms. The number of nitrogens with zero attached hydrogens (tertiary/aromatic N) is 3. The molecule has 1 aromatic heterocycles. The molecule has 5 aromatic carbocycles. The fraction of sp³-hybridized carbons (Fsp3) is 0.365. The van der Waals surface area contributed by atoms with E-state index in [0.717, 1.165) is 109 Å². The van der Waals surface area contributed by atoms with E-state index in [1.54, 1.807) is 12.1 Å². The van der Waals surface area contributed by atoms with Gasteiger partial charge in [-0.15, -0.1) is 0 Å². The van der Waals surface area contributed by atoms with Gasteiger partial charge in [0, 0.05) is 92.2 Å². The van der Waals surface area contributed by atoms with E-state index in [9.17, 15) is 9.18 Å². The Hall–Kier alpha value is -5.23. The maximum Gasteiger partial charge on any atom is 0.240 e. The van der Waals surface area contributed by atoms with Crippen LogP contribution < -0.4 is 25.4 Å². The van der Waals surface area contributed by atoms with Crippen molar-refractivity contribution >= 4 is 28.4 Å². The third-order valence-electron chi connectivity index (χ3n) is 12.6. The first-order valence-electron chi connectivity index (χ1n) is 22.4. The summed E-state index contributed by atoms with van der Waals surface area (Å²) in [5.41, 5.74) is 8.07. The van der Waals surface area contributed by atoms with Gasteiger partial charge in [0.1, 0.15) is 36.1 Å². The van der Waals surface area contributed by atoms with E-state index in [4.69, 9.17) is 21.1 Å². The number of amides is 1. The number of aromatic nitrogens is 1. The number of rotatable bonds is 18. The second-order valence-electron chi connectivity index (χ2n) is 17.2. The Morgan fingerprint density at radius 1 is 0.810 bits per heavy atom. The van der Waals surface area contributed by atoms with Gasteiger partial charge in [-0.1, -0.05) is 83.4 Å². The third kappa shape index (κ3) is 11.5. The van der Waals surface area contributed by atoms with Crippen LogP contribution in [0.25, 0.3) is 22.0 Å². The largest absolute Gasteiger partial charge is 0.492 e.